The van der Waals surface area contributed by atoms with Gasteiger partial charge in [0.05, 0.1) is 0 Å². The van der Waals surface area contributed by atoms with Crippen molar-refractivity contribution in [3.05, 3.63) is 35.1 Å². The largest absolute Gasteiger partial charge is 0.294 e. The van der Waals surface area contributed by atoms with Crippen molar-refractivity contribution in [2.24, 2.45) is 11.3 Å². The quantitative estimate of drug-likeness (QED) is 0.662. The Morgan fingerprint density at radius 3 is 2.88 bits per heavy atom. The number of carbonyl (C=O) groups excluding carboxylic acids is 1. The van der Waals surface area contributed by atoms with Crippen LogP contribution in [-0.2, 0) is 0 Å². The van der Waals surface area contributed by atoms with Gasteiger partial charge in [-0.25, -0.2) is 4.39 Å². The second kappa shape index (κ2) is 3.41. The van der Waals surface area contributed by atoms with Crippen molar-refractivity contribution in [3.8, 4) is 0 Å². The molecular formula is C15H17FO. The average Bonchev–Trinajstić information content (AvgIpc) is 2.53. The van der Waals surface area contributed by atoms with E-state index in [1.165, 1.54) is 6.07 Å². The highest BCUT2D eigenvalue weighted by atomic mass is 19.1. The third-order valence-electron chi connectivity index (χ3n) is 4.54. The lowest BCUT2D eigenvalue weighted by molar-refractivity contribution is 0.0687. The molecule has 1 fully saturated rings. The Balaban J connectivity index is 2.14. The summed E-state index contributed by atoms with van der Waals surface area (Å²) in [5.41, 5.74) is 1.76. The van der Waals surface area contributed by atoms with E-state index in [2.05, 4.69) is 13.8 Å². The molecule has 0 N–H and O–H groups in total. The minimum Gasteiger partial charge on any atom is -0.294 e. The molecule has 0 spiro atoms. The van der Waals surface area contributed by atoms with Gasteiger partial charge in [0, 0.05) is 11.5 Å². The average molecular weight is 232 g/mol. The van der Waals surface area contributed by atoms with Crippen LogP contribution in [0.5, 0.6) is 0 Å². The summed E-state index contributed by atoms with van der Waals surface area (Å²) < 4.78 is 13.3. The normalized spacial score (nSPS) is 29.9. The van der Waals surface area contributed by atoms with Gasteiger partial charge in [-0.3, -0.25) is 4.79 Å². The van der Waals surface area contributed by atoms with Crippen LogP contribution >= 0.6 is 0 Å². The van der Waals surface area contributed by atoms with E-state index < -0.39 is 0 Å². The van der Waals surface area contributed by atoms with E-state index in [9.17, 15) is 9.18 Å². The topological polar surface area (TPSA) is 17.1 Å². The molecule has 17 heavy (non-hydrogen) atoms. The molecule has 1 nitrogen and oxygen atoms in total. The summed E-state index contributed by atoms with van der Waals surface area (Å²) in [5, 5.41) is 0. The van der Waals surface area contributed by atoms with Gasteiger partial charge < -0.3 is 0 Å². The Morgan fingerprint density at radius 2 is 2.12 bits per heavy atom. The Morgan fingerprint density at radius 1 is 1.35 bits per heavy atom. The highest BCUT2D eigenvalue weighted by Gasteiger charge is 2.49. The van der Waals surface area contributed by atoms with Gasteiger partial charge in [0.2, 0.25) is 0 Å². The number of halogens is 1. The van der Waals surface area contributed by atoms with E-state index in [0.717, 1.165) is 30.4 Å². The molecule has 0 amide bonds. The molecule has 2 heteroatoms. The van der Waals surface area contributed by atoms with Gasteiger partial charge >= 0.3 is 0 Å². The minimum atomic E-state index is -0.222. The molecule has 0 saturated heterocycles. The number of hydrogen-bond acceptors (Lipinski definition) is 1. The summed E-state index contributed by atoms with van der Waals surface area (Å²) in [6.07, 6.45) is 3.25. The first-order valence-electron chi connectivity index (χ1n) is 6.34. The number of Topliss-reactive ketones (excluding diaryl/α,β-unsaturated/α-hetero) is 1. The van der Waals surface area contributed by atoms with Gasteiger partial charge in [-0.05, 0) is 47.9 Å². The maximum absolute atomic E-state index is 13.3. The van der Waals surface area contributed by atoms with Crippen molar-refractivity contribution in [1.82, 2.24) is 0 Å². The SMILES string of the molecule is CC1(C)CCC[C@H]2c3cc(F)ccc3C(=O)[C@H]21. The van der Waals surface area contributed by atoms with Crippen molar-refractivity contribution in [2.75, 3.05) is 0 Å². The van der Waals surface area contributed by atoms with Crippen molar-refractivity contribution in [3.63, 3.8) is 0 Å². The van der Waals surface area contributed by atoms with Gasteiger partial charge in [0.1, 0.15) is 5.82 Å². The Labute approximate surface area is 101 Å². The first kappa shape index (κ1) is 10.9. The predicted molar refractivity (Wildman–Crippen MR) is 64.6 cm³/mol. The van der Waals surface area contributed by atoms with Gasteiger partial charge in [-0.15, -0.1) is 0 Å². The van der Waals surface area contributed by atoms with Gasteiger partial charge in [0.25, 0.3) is 0 Å². The lowest BCUT2D eigenvalue weighted by atomic mass is 9.64. The molecule has 0 radical (unpaired) electrons. The van der Waals surface area contributed by atoms with Crippen LogP contribution in [-0.4, -0.2) is 5.78 Å². The Bertz CT molecular complexity index is 490. The third-order valence-corrected chi connectivity index (χ3v) is 4.54. The van der Waals surface area contributed by atoms with Gasteiger partial charge in [-0.1, -0.05) is 20.3 Å². The van der Waals surface area contributed by atoms with Crippen LogP contribution in [0.2, 0.25) is 0 Å². The molecular weight excluding hydrogens is 215 g/mol. The molecule has 2 aliphatic carbocycles. The van der Waals surface area contributed by atoms with Crippen LogP contribution in [0.25, 0.3) is 0 Å². The highest BCUT2D eigenvalue weighted by molar-refractivity contribution is 6.03. The highest BCUT2D eigenvalue weighted by Crippen LogP contribution is 2.54. The predicted octanol–water partition coefficient (Wildman–Crippen LogP) is 3.93. The van der Waals surface area contributed by atoms with E-state index in [4.69, 9.17) is 0 Å². The van der Waals surface area contributed by atoms with E-state index >= 15 is 0 Å². The van der Waals surface area contributed by atoms with Crippen molar-refractivity contribution < 1.29 is 9.18 Å². The lowest BCUT2D eigenvalue weighted by Crippen LogP contribution is -2.34. The standard InChI is InChI=1S/C15H17FO/c1-15(2)7-3-4-10-12-8-9(16)5-6-11(12)14(17)13(10)15/h5-6,8,10,13H,3-4,7H2,1-2H3/t10-,13-/m0/s1. The molecule has 0 heterocycles. The van der Waals surface area contributed by atoms with Gasteiger partial charge in [0.15, 0.2) is 5.78 Å². The van der Waals surface area contributed by atoms with E-state index in [1.807, 2.05) is 0 Å². The molecule has 1 saturated carbocycles. The fourth-order valence-corrected chi connectivity index (χ4v) is 3.75. The Hall–Kier alpha value is -1.18. The van der Waals surface area contributed by atoms with Crippen molar-refractivity contribution in [1.29, 1.82) is 0 Å². The van der Waals surface area contributed by atoms with Crippen LogP contribution in [0, 0.1) is 17.2 Å². The van der Waals surface area contributed by atoms with E-state index in [1.54, 1.807) is 12.1 Å². The second-order valence-corrected chi connectivity index (χ2v) is 6.06. The number of hydrogen-bond donors (Lipinski definition) is 0. The van der Waals surface area contributed by atoms with Crippen LogP contribution in [0.4, 0.5) is 4.39 Å². The summed E-state index contributed by atoms with van der Waals surface area (Å²) in [5.74, 6) is 0.320. The van der Waals surface area contributed by atoms with Crippen LogP contribution < -0.4 is 0 Å². The van der Waals surface area contributed by atoms with Crippen molar-refractivity contribution >= 4 is 5.78 Å². The summed E-state index contributed by atoms with van der Waals surface area (Å²) in [6.45, 7) is 4.34. The fraction of sp³-hybridized carbons (Fsp3) is 0.533. The van der Waals surface area contributed by atoms with Gasteiger partial charge in [-0.2, -0.15) is 0 Å². The monoisotopic (exact) mass is 232 g/mol. The zero-order valence-electron chi connectivity index (χ0n) is 10.3. The summed E-state index contributed by atoms with van der Waals surface area (Å²) >= 11 is 0. The molecule has 0 unspecified atom stereocenters. The maximum atomic E-state index is 13.3. The van der Waals surface area contributed by atoms with Crippen molar-refractivity contribution in [2.45, 2.75) is 39.0 Å². The smallest absolute Gasteiger partial charge is 0.167 e. The zero-order valence-corrected chi connectivity index (χ0v) is 10.3. The lowest BCUT2D eigenvalue weighted by Gasteiger charge is -2.39. The molecule has 0 bridgehead atoms. The second-order valence-electron chi connectivity index (χ2n) is 6.06. The molecule has 1 aromatic carbocycles. The summed E-state index contributed by atoms with van der Waals surface area (Å²) in [4.78, 5) is 12.4. The Kier molecular flexibility index (Phi) is 2.19. The number of benzene rings is 1. The summed E-state index contributed by atoms with van der Waals surface area (Å²) in [7, 11) is 0. The molecule has 0 aromatic heterocycles. The van der Waals surface area contributed by atoms with Crippen LogP contribution in [0.1, 0.15) is 54.9 Å². The first-order valence-corrected chi connectivity index (χ1v) is 6.34. The van der Waals surface area contributed by atoms with E-state index in [-0.39, 0.29) is 28.9 Å². The maximum Gasteiger partial charge on any atom is 0.167 e. The third kappa shape index (κ3) is 1.46. The molecule has 1 aromatic rings. The molecule has 90 valence electrons. The number of fused-ring (bicyclic) bond motifs is 3. The molecule has 3 rings (SSSR count). The number of rotatable bonds is 0. The number of ketones is 1. The summed E-state index contributed by atoms with van der Waals surface area (Å²) in [6, 6.07) is 4.64. The molecule has 0 aliphatic heterocycles. The van der Waals surface area contributed by atoms with Crippen LogP contribution in [0.3, 0.4) is 0 Å². The molecule has 2 aliphatic rings. The van der Waals surface area contributed by atoms with E-state index in [0.29, 0.717) is 0 Å². The van der Waals surface area contributed by atoms with Crippen LogP contribution in [0.15, 0.2) is 18.2 Å². The number of carbonyl (C=O) groups is 1. The fourth-order valence-electron chi connectivity index (χ4n) is 3.75. The molecule has 2 atom stereocenters. The zero-order chi connectivity index (χ0) is 12.2. The minimum absolute atomic E-state index is 0.0511. The first-order chi connectivity index (χ1) is 8.00.